The third-order valence-electron chi connectivity index (χ3n) is 4.35. The summed E-state index contributed by atoms with van der Waals surface area (Å²) in [5.41, 5.74) is 7.20. The Morgan fingerprint density at radius 2 is 2.05 bits per heavy atom. The summed E-state index contributed by atoms with van der Waals surface area (Å²) >= 11 is -0.332. The minimum absolute atomic E-state index is 0.132. The SMILES string of the molecule is COC1=CC=C2C=CC(=O)N(CCN3CCC(N)CC3)C2[I-]1. The molecule has 3 aliphatic rings. The Morgan fingerprint density at radius 3 is 2.77 bits per heavy atom. The first-order valence-electron chi connectivity index (χ1n) is 7.73. The average Bonchev–Trinajstić information content (AvgIpc) is 2.55. The predicted molar refractivity (Wildman–Crippen MR) is 81.5 cm³/mol. The maximum atomic E-state index is 12.3. The van der Waals surface area contributed by atoms with Gasteiger partial charge >= 0.3 is 142 Å². The number of fused-ring (bicyclic) bond motifs is 1. The average molecular weight is 416 g/mol. The van der Waals surface area contributed by atoms with E-state index in [9.17, 15) is 4.79 Å². The summed E-state index contributed by atoms with van der Waals surface area (Å²) in [6.45, 7) is 3.82. The van der Waals surface area contributed by atoms with Crippen LogP contribution in [0, 0.1) is 0 Å². The Balaban J connectivity index is 1.62. The number of methoxy groups -OCH3 is 1. The molecular formula is C16H23IN3O2-. The summed E-state index contributed by atoms with van der Waals surface area (Å²) in [6.07, 6.45) is 9.92. The van der Waals surface area contributed by atoms with Gasteiger partial charge in [0, 0.05) is 0 Å². The molecule has 0 radical (unpaired) electrons. The third kappa shape index (κ3) is 3.55. The molecule has 3 heterocycles. The second kappa shape index (κ2) is 7.14. The topological polar surface area (TPSA) is 58.8 Å². The van der Waals surface area contributed by atoms with Crippen molar-refractivity contribution in [2.75, 3.05) is 33.3 Å². The third-order valence-corrected chi connectivity index (χ3v) is 7.75. The van der Waals surface area contributed by atoms with Gasteiger partial charge in [-0.1, -0.05) is 0 Å². The molecule has 0 aliphatic carbocycles. The number of nitrogens with two attached hydrogens (primary N) is 1. The van der Waals surface area contributed by atoms with Crippen molar-refractivity contribution in [2.45, 2.75) is 22.9 Å². The second-order valence-corrected chi connectivity index (χ2v) is 8.70. The van der Waals surface area contributed by atoms with Gasteiger partial charge in [-0.15, -0.1) is 0 Å². The van der Waals surface area contributed by atoms with Crippen molar-refractivity contribution in [3.8, 4) is 0 Å². The fourth-order valence-corrected chi connectivity index (χ4v) is 5.84. The van der Waals surface area contributed by atoms with Crippen LogP contribution in [0.4, 0.5) is 0 Å². The van der Waals surface area contributed by atoms with Crippen molar-refractivity contribution in [3.63, 3.8) is 0 Å². The standard InChI is InChI=1S/C16H23IN3O2/c1-22-14-4-2-12-3-5-15(21)20(16(12)17-14)11-10-19-8-6-13(18)7-9-19/h2-5,13,16H,6-11,18H2,1H3/q-1. The van der Waals surface area contributed by atoms with Gasteiger partial charge in [0.25, 0.3) is 0 Å². The van der Waals surface area contributed by atoms with E-state index in [2.05, 4.69) is 11.0 Å². The van der Waals surface area contributed by atoms with Gasteiger partial charge in [-0.25, -0.2) is 0 Å². The number of piperidine rings is 1. The number of likely N-dealkylation sites (tertiary alicyclic amines) is 1. The summed E-state index contributed by atoms with van der Waals surface area (Å²) in [7, 11) is 1.71. The van der Waals surface area contributed by atoms with Crippen molar-refractivity contribution >= 4 is 5.91 Å². The van der Waals surface area contributed by atoms with Gasteiger partial charge in [-0.3, -0.25) is 0 Å². The van der Waals surface area contributed by atoms with Gasteiger partial charge < -0.3 is 0 Å². The van der Waals surface area contributed by atoms with Crippen LogP contribution in [0.3, 0.4) is 0 Å². The first kappa shape index (κ1) is 16.0. The number of alkyl halides is 1. The number of amides is 1. The molecule has 6 heteroatoms. The van der Waals surface area contributed by atoms with Gasteiger partial charge in [0.05, 0.1) is 0 Å². The number of ether oxygens (including phenoxy) is 1. The number of hydrogen-bond acceptors (Lipinski definition) is 4. The van der Waals surface area contributed by atoms with Crippen LogP contribution < -0.4 is 26.9 Å². The van der Waals surface area contributed by atoms with Crippen LogP contribution in [0.15, 0.2) is 33.6 Å². The van der Waals surface area contributed by atoms with Crippen LogP contribution >= 0.6 is 0 Å². The Bertz CT molecular complexity index is 521. The number of halogens is 1. The number of carbonyl (C=O) groups is 1. The predicted octanol–water partition coefficient (Wildman–Crippen LogP) is -2.35. The fourth-order valence-electron chi connectivity index (χ4n) is 2.95. The van der Waals surface area contributed by atoms with Crippen molar-refractivity contribution in [3.05, 3.63) is 33.6 Å². The zero-order valence-corrected chi connectivity index (χ0v) is 15.0. The van der Waals surface area contributed by atoms with E-state index >= 15 is 0 Å². The molecule has 1 amide bonds. The summed E-state index contributed by atoms with van der Waals surface area (Å²) in [5, 5.41) is 0. The number of allylic oxidation sites excluding steroid dienone is 2. The van der Waals surface area contributed by atoms with E-state index in [1.807, 2.05) is 17.1 Å². The van der Waals surface area contributed by atoms with Gasteiger partial charge in [0.15, 0.2) is 0 Å². The Kier molecular flexibility index (Phi) is 5.20. The molecule has 1 saturated heterocycles. The fraction of sp³-hybridized carbons (Fsp3) is 0.562. The second-order valence-electron chi connectivity index (χ2n) is 5.83. The molecule has 0 aromatic rings. The van der Waals surface area contributed by atoms with E-state index in [0.29, 0.717) is 6.04 Å². The van der Waals surface area contributed by atoms with Crippen molar-refractivity contribution in [1.29, 1.82) is 0 Å². The van der Waals surface area contributed by atoms with Crippen LogP contribution in [-0.2, 0) is 9.53 Å². The summed E-state index contributed by atoms with van der Waals surface area (Å²) in [6, 6.07) is 0.351. The molecule has 1 atom stereocenters. The van der Waals surface area contributed by atoms with Gasteiger partial charge in [-0.05, 0) is 0 Å². The van der Waals surface area contributed by atoms with Crippen molar-refractivity contribution < 1.29 is 30.7 Å². The number of rotatable bonds is 4. The molecule has 3 aliphatic heterocycles. The van der Waals surface area contributed by atoms with Crippen LogP contribution in [-0.4, -0.2) is 59.1 Å². The van der Waals surface area contributed by atoms with E-state index in [-0.39, 0.29) is 31.2 Å². The van der Waals surface area contributed by atoms with E-state index in [1.165, 1.54) is 5.57 Å². The zero-order chi connectivity index (χ0) is 15.5. The van der Waals surface area contributed by atoms with Gasteiger partial charge in [0.1, 0.15) is 0 Å². The molecule has 5 nitrogen and oxygen atoms in total. The molecule has 2 N–H and O–H groups in total. The molecule has 1 fully saturated rings. The van der Waals surface area contributed by atoms with Gasteiger partial charge in [0.2, 0.25) is 0 Å². The van der Waals surface area contributed by atoms with E-state index in [1.54, 1.807) is 13.2 Å². The molecule has 1 unspecified atom stereocenters. The molecular weight excluding hydrogens is 393 g/mol. The number of nitrogens with zero attached hydrogens (tertiary/aromatic N) is 2. The van der Waals surface area contributed by atoms with E-state index < -0.39 is 0 Å². The molecule has 0 spiro atoms. The maximum absolute atomic E-state index is 12.3. The number of hydrogen-bond donors (Lipinski definition) is 1. The Morgan fingerprint density at radius 1 is 1.27 bits per heavy atom. The zero-order valence-electron chi connectivity index (χ0n) is 12.9. The molecule has 22 heavy (non-hydrogen) atoms. The molecule has 0 aromatic carbocycles. The number of carbonyl (C=O) groups excluding carboxylic acids is 1. The first-order chi connectivity index (χ1) is 10.7. The summed E-state index contributed by atoms with van der Waals surface area (Å²) in [4.78, 5) is 16.8. The quantitative estimate of drug-likeness (QED) is 0.317. The summed E-state index contributed by atoms with van der Waals surface area (Å²) < 4.78 is 6.68. The van der Waals surface area contributed by atoms with Crippen LogP contribution in [0.1, 0.15) is 12.8 Å². The normalized spacial score (nSPS) is 26.9. The van der Waals surface area contributed by atoms with Crippen LogP contribution in [0.25, 0.3) is 0 Å². The molecule has 122 valence electrons. The van der Waals surface area contributed by atoms with E-state index in [0.717, 1.165) is 42.8 Å². The van der Waals surface area contributed by atoms with Crippen molar-refractivity contribution in [2.24, 2.45) is 5.73 Å². The molecule has 3 rings (SSSR count). The Labute approximate surface area is 142 Å². The first-order valence-corrected chi connectivity index (χ1v) is 10.1. The monoisotopic (exact) mass is 416 g/mol. The molecule has 0 aromatic heterocycles. The van der Waals surface area contributed by atoms with Crippen molar-refractivity contribution in [1.82, 2.24) is 9.80 Å². The Hall–Kier alpha value is -0.860. The van der Waals surface area contributed by atoms with Gasteiger partial charge in [-0.2, -0.15) is 0 Å². The molecule has 0 saturated carbocycles. The summed E-state index contributed by atoms with van der Waals surface area (Å²) in [5.74, 6) is 0.132. The van der Waals surface area contributed by atoms with Crippen LogP contribution in [0.2, 0.25) is 0 Å². The van der Waals surface area contributed by atoms with Crippen LogP contribution in [0.5, 0.6) is 0 Å². The van der Waals surface area contributed by atoms with E-state index in [4.69, 9.17) is 10.5 Å². The molecule has 0 bridgehead atoms. The minimum atomic E-state index is -0.332.